The summed E-state index contributed by atoms with van der Waals surface area (Å²) in [7, 11) is 2.10. The zero-order valence-electron chi connectivity index (χ0n) is 23.5. The number of alkyl halides is 3. The molecule has 1 aromatic heterocycles. The number of H-pyrrole nitrogens is 1. The lowest BCUT2D eigenvalue weighted by Gasteiger charge is -2.17. The van der Waals surface area contributed by atoms with Gasteiger partial charge in [0.25, 0.3) is 0 Å². The number of carboxylic acid groups (broad SMARTS) is 1. The number of nitrogens with two attached hydrogens (primary N) is 1. The maximum Gasteiger partial charge on any atom is 0.490 e. The molecule has 44 heavy (non-hydrogen) atoms. The molecule has 5 rings (SSSR count). The van der Waals surface area contributed by atoms with Crippen molar-refractivity contribution in [3.63, 3.8) is 0 Å². The molecule has 0 aliphatic carbocycles. The van der Waals surface area contributed by atoms with Crippen LogP contribution in [0.3, 0.4) is 0 Å². The third-order valence-corrected chi connectivity index (χ3v) is 6.49. The maximum absolute atomic E-state index is 11.7. The van der Waals surface area contributed by atoms with Gasteiger partial charge in [0.2, 0.25) is 5.91 Å². The number of aliphatic imine (C=N–C) groups is 1. The molecular formula is C33H29F3N4O4. The fourth-order valence-electron chi connectivity index (χ4n) is 4.55. The highest BCUT2D eigenvalue weighted by Crippen LogP contribution is 2.32. The van der Waals surface area contributed by atoms with Crippen LogP contribution in [-0.2, 0) is 17.9 Å². The Morgan fingerprint density at radius 1 is 0.841 bits per heavy atom. The van der Waals surface area contributed by atoms with Gasteiger partial charge in [-0.3, -0.25) is 9.69 Å². The first-order valence-corrected chi connectivity index (χ1v) is 13.3. The van der Waals surface area contributed by atoms with Gasteiger partial charge in [-0.25, -0.2) is 9.79 Å². The molecule has 0 radical (unpaired) electrons. The third-order valence-electron chi connectivity index (χ3n) is 6.49. The standard InChI is InChI=1S/C31H28N4O2.C2HF3O2/c1-35(19-21-9-4-2-5-10-21)20-22-11-8-14-25(17-22)33-29(23-12-6-3-7-13-23)28-26-16-15-24(30(32)36)18-27(26)34-31(28)37;3-2(4,5)1(6)7/h2-18,34,37H,19-20H2,1H3,(H2,32,36);(H,6,7). The van der Waals surface area contributed by atoms with Crippen molar-refractivity contribution >= 4 is 34.2 Å². The minimum absolute atomic E-state index is 0.0158. The van der Waals surface area contributed by atoms with E-state index in [9.17, 15) is 23.1 Å². The summed E-state index contributed by atoms with van der Waals surface area (Å²) in [5, 5.41) is 18.8. The maximum atomic E-state index is 11.7. The molecule has 0 spiro atoms. The van der Waals surface area contributed by atoms with E-state index in [0.717, 1.165) is 35.3 Å². The highest BCUT2D eigenvalue weighted by molar-refractivity contribution is 6.22. The first kappa shape index (κ1) is 31.5. The minimum Gasteiger partial charge on any atom is -0.494 e. The van der Waals surface area contributed by atoms with Gasteiger partial charge in [0.05, 0.1) is 17.0 Å². The molecule has 0 fully saturated rings. The number of aliphatic carboxylic acids is 1. The van der Waals surface area contributed by atoms with E-state index in [0.29, 0.717) is 22.4 Å². The topological polar surface area (TPSA) is 132 Å². The first-order valence-electron chi connectivity index (χ1n) is 13.3. The van der Waals surface area contributed by atoms with Crippen LogP contribution >= 0.6 is 0 Å². The number of aromatic nitrogens is 1. The SMILES string of the molecule is CN(Cc1ccccc1)Cc1cccc(N=C(c2ccccc2)c2c(O)[nH]c3cc(C(N)=O)ccc23)c1.O=C(O)C(F)(F)F. The predicted octanol–water partition coefficient (Wildman–Crippen LogP) is 6.41. The number of carboxylic acids is 1. The zero-order valence-corrected chi connectivity index (χ0v) is 23.5. The second kappa shape index (κ2) is 13.7. The molecule has 0 atom stereocenters. The normalized spacial score (nSPS) is 11.7. The molecule has 1 heterocycles. The fraction of sp³-hybridized carbons (Fsp3) is 0.121. The van der Waals surface area contributed by atoms with Crippen LogP contribution in [0.4, 0.5) is 18.9 Å². The lowest BCUT2D eigenvalue weighted by atomic mass is 10.00. The number of hydrogen-bond acceptors (Lipinski definition) is 5. The molecule has 1 amide bonds. The number of amides is 1. The van der Waals surface area contributed by atoms with Crippen LogP contribution < -0.4 is 5.73 Å². The molecule has 226 valence electrons. The van der Waals surface area contributed by atoms with Gasteiger partial charge < -0.3 is 20.9 Å². The molecule has 8 nitrogen and oxygen atoms in total. The average molecular weight is 603 g/mol. The van der Waals surface area contributed by atoms with Crippen molar-refractivity contribution in [3.8, 4) is 5.88 Å². The number of carbonyl (C=O) groups is 2. The number of primary amides is 1. The van der Waals surface area contributed by atoms with E-state index in [4.69, 9.17) is 20.6 Å². The van der Waals surface area contributed by atoms with Gasteiger partial charge in [-0.05, 0) is 42.4 Å². The highest BCUT2D eigenvalue weighted by Gasteiger charge is 2.38. The summed E-state index contributed by atoms with van der Waals surface area (Å²) in [5.41, 5.74) is 11.7. The molecule has 0 aliphatic rings. The number of rotatable bonds is 8. The van der Waals surface area contributed by atoms with Gasteiger partial charge in [0.15, 0.2) is 5.88 Å². The van der Waals surface area contributed by atoms with E-state index in [1.807, 2.05) is 48.5 Å². The lowest BCUT2D eigenvalue weighted by Crippen LogP contribution is -2.21. The smallest absolute Gasteiger partial charge is 0.490 e. The molecule has 0 saturated heterocycles. The minimum atomic E-state index is -5.08. The lowest BCUT2D eigenvalue weighted by molar-refractivity contribution is -0.192. The number of aromatic hydroxyl groups is 1. The second-order valence-corrected chi connectivity index (χ2v) is 9.93. The van der Waals surface area contributed by atoms with Crippen molar-refractivity contribution in [3.05, 3.63) is 131 Å². The monoisotopic (exact) mass is 602 g/mol. The van der Waals surface area contributed by atoms with Crippen molar-refractivity contribution < 1.29 is 33.0 Å². The van der Waals surface area contributed by atoms with Gasteiger partial charge in [-0.1, -0.05) is 78.9 Å². The molecule has 11 heteroatoms. The van der Waals surface area contributed by atoms with E-state index in [1.54, 1.807) is 18.2 Å². The van der Waals surface area contributed by atoms with Crippen molar-refractivity contribution in [2.45, 2.75) is 19.3 Å². The van der Waals surface area contributed by atoms with E-state index < -0.39 is 18.1 Å². The molecule has 0 saturated carbocycles. The summed E-state index contributed by atoms with van der Waals surface area (Å²) >= 11 is 0. The summed E-state index contributed by atoms with van der Waals surface area (Å²) < 4.78 is 31.7. The molecule has 4 aromatic carbocycles. The predicted molar refractivity (Wildman–Crippen MR) is 162 cm³/mol. The third kappa shape index (κ3) is 8.11. The first-order chi connectivity index (χ1) is 20.9. The van der Waals surface area contributed by atoms with Crippen LogP contribution in [0.1, 0.15) is 32.6 Å². The van der Waals surface area contributed by atoms with Crippen LogP contribution in [-0.4, -0.2) is 50.9 Å². The Labute approximate surface area is 250 Å². The van der Waals surface area contributed by atoms with Crippen LogP contribution in [0.15, 0.2) is 108 Å². The summed E-state index contributed by atoms with van der Waals surface area (Å²) in [6.07, 6.45) is -5.08. The largest absolute Gasteiger partial charge is 0.494 e. The van der Waals surface area contributed by atoms with Crippen LogP contribution in [0.5, 0.6) is 5.88 Å². The van der Waals surface area contributed by atoms with Crippen molar-refractivity contribution in [1.82, 2.24) is 9.88 Å². The number of carbonyl (C=O) groups excluding carboxylic acids is 1. The molecule has 5 N–H and O–H groups in total. The van der Waals surface area contributed by atoms with Crippen LogP contribution in [0.25, 0.3) is 10.9 Å². The van der Waals surface area contributed by atoms with E-state index in [1.165, 1.54) is 5.56 Å². The Morgan fingerprint density at radius 3 is 2.05 bits per heavy atom. The number of hydrogen-bond donors (Lipinski definition) is 4. The Bertz CT molecular complexity index is 1790. The quantitative estimate of drug-likeness (QED) is 0.153. The summed E-state index contributed by atoms with van der Waals surface area (Å²) in [5.74, 6) is -3.30. The summed E-state index contributed by atoms with van der Waals surface area (Å²) in [6, 6.07) is 33.4. The Balaban J connectivity index is 0.000000566. The van der Waals surface area contributed by atoms with Gasteiger partial charge in [-0.2, -0.15) is 13.2 Å². The van der Waals surface area contributed by atoms with Crippen LogP contribution in [0.2, 0.25) is 0 Å². The molecule has 0 aliphatic heterocycles. The van der Waals surface area contributed by atoms with Gasteiger partial charge >= 0.3 is 12.1 Å². The number of halogens is 3. The van der Waals surface area contributed by atoms with Crippen molar-refractivity contribution in [2.24, 2.45) is 10.7 Å². The molecule has 5 aromatic rings. The Kier molecular flexibility index (Phi) is 9.81. The van der Waals surface area contributed by atoms with E-state index in [2.05, 4.69) is 53.3 Å². The average Bonchev–Trinajstić information content (AvgIpc) is 3.31. The van der Waals surface area contributed by atoms with Gasteiger partial charge in [0, 0.05) is 35.1 Å². The zero-order chi connectivity index (χ0) is 31.9. The molecule has 0 unspecified atom stereocenters. The molecular weight excluding hydrogens is 573 g/mol. The highest BCUT2D eigenvalue weighted by atomic mass is 19.4. The molecule has 0 bridgehead atoms. The second-order valence-electron chi connectivity index (χ2n) is 9.93. The fourth-order valence-corrected chi connectivity index (χ4v) is 4.55. The van der Waals surface area contributed by atoms with E-state index in [-0.39, 0.29) is 5.88 Å². The van der Waals surface area contributed by atoms with Crippen LogP contribution in [0, 0.1) is 0 Å². The van der Waals surface area contributed by atoms with Crippen molar-refractivity contribution in [1.29, 1.82) is 0 Å². The van der Waals surface area contributed by atoms with Gasteiger partial charge in [-0.15, -0.1) is 0 Å². The number of benzene rings is 4. The van der Waals surface area contributed by atoms with E-state index >= 15 is 0 Å². The Morgan fingerprint density at radius 2 is 1.43 bits per heavy atom. The number of aromatic amines is 1. The number of nitrogens with one attached hydrogen (secondary N) is 1. The van der Waals surface area contributed by atoms with Gasteiger partial charge in [0.1, 0.15) is 0 Å². The Hall–Kier alpha value is -5.42. The summed E-state index contributed by atoms with van der Waals surface area (Å²) in [6.45, 7) is 1.62. The number of fused-ring (bicyclic) bond motifs is 1. The number of nitrogens with zero attached hydrogens (tertiary/aromatic N) is 2. The van der Waals surface area contributed by atoms with Crippen molar-refractivity contribution in [2.75, 3.05) is 7.05 Å². The summed E-state index contributed by atoms with van der Waals surface area (Å²) in [4.78, 5) is 30.8.